The number of methoxy groups -OCH3 is 1. The van der Waals surface area contributed by atoms with Gasteiger partial charge >= 0.3 is 0 Å². The van der Waals surface area contributed by atoms with Crippen LogP contribution in [-0.2, 0) is 0 Å². The Bertz CT molecular complexity index is 985. The van der Waals surface area contributed by atoms with Gasteiger partial charge in [0.2, 0.25) is 0 Å². The first-order valence-corrected chi connectivity index (χ1v) is 7.92. The van der Waals surface area contributed by atoms with Crippen LogP contribution in [0.1, 0.15) is 20.8 Å². The van der Waals surface area contributed by atoms with Crippen LogP contribution in [0.5, 0.6) is 5.75 Å². The highest BCUT2D eigenvalue weighted by Gasteiger charge is 2.16. The summed E-state index contributed by atoms with van der Waals surface area (Å²) in [6, 6.07) is 12.2. The number of ether oxygens (including phenoxy) is 1. The Morgan fingerprint density at radius 1 is 1.08 bits per heavy atom. The van der Waals surface area contributed by atoms with E-state index in [2.05, 4.69) is 15.3 Å². The van der Waals surface area contributed by atoms with Crippen molar-refractivity contribution in [2.24, 2.45) is 0 Å². The molecule has 2 aromatic carbocycles. The Kier molecular flexibility index (Phi) is 4.79. The molecule has 0 unspecified atom stereocenters. The molecule has 0 aliphatic heterocycles. The molecule has 7 heteroatoms. The average Bonchev–Trinajstić information content (AvgIpc) is 2.66. The maximum Gasteiger partial charge on any atom is 0.275 e. The van der Waals surface area contributed by atoms with Gasteiger partial charge in [-0.15, -0.1) is 0 Å². The van der Waals surface area contributed by atoms with E-state index in [1.807, 2.05) is 18.2 Å². The average molecular weight is 350 g/mol. The fourth-order valence-corrected chi connectivity index (χ4v) is 2.46. The maximum atomic E-state index is 12.5. The molecule has 132 valence electrons. The van der Waals surface area contributed by atoms with Crippen LogP contribution < -0.4 is 10.1 Å². The number of amides is 2. The monoisotopic (exact) mass is 350 g/mol. The minimum atomic E-state index is -0.406. The molecular formula is C19H18N4O3. The maximum absolute atomic E-state index is 12.5. The summed E-state index contributed by atoms with van der Waals surface area (Å²) in [7, 11) is 4.79. The molecule has 3 aromatic rings. The topological polar surface area (TPSA) is 84.4 Å². The number of carbonyl (C=O) groups is 2. The number of fused-ring (bicyclic) bond motifs is 1. The highest BCUT2D eigenvalue weighted by molar-refractivity contribution is 6.05. The van der Waals surface area contributed by atoms with E-state index in [1.165, 1.54) is 18.2 Å². The lowest BCUT2D eigenvalue weighted by molar-refractivity contribution is 0.0824. The van der Waals surface area contributed by atoms with E-state index in [1.54, 1.807) is 38.4 Å². The smallest absolute Gasteiger partial charge is 0.275 e. The fraction of sp³-hybridized carbons (Fsp3) is 0.158. The SMILES string of the molecule is COc1ccc(NC(=O)c2cnc3ccccc3n2)cc1C(=O)N(C)C. The quantitative estimate of drug-likeness (QED) is 0.782. The minimum Gasteiger partial charge on any atom is -0.496 e. The zero-order valence-electron chi connectivity index (χ0n) is 14.7. The molecule has 0 radical (unpaired) electrons. The van der Waals surface area contributed by atoms with Gasteiger partial charge in [-0.25, -0.2) is 4.98 Å². The van der Waals surface area contributed by atoms with Gasteiger partial charge in [-0.2, -0.15) is 0 Å². The van der Waals surface area contributed by atoms with Crippen LogP contribution in [0.25, 0.3) is 11.0 Å². The first kappa shape index (κ1) is 17.3. The normalized spacial score (nSPS) is 10.4. The summed E-state index contributed by atoms with van der Waals surface area (Å²) in [4.78, 5) is 34.8. The molecule has 2 amide bonds. The Hall–Kier alpha value is -3.48. The van der Waals surface area contributed by atoms with Crippen LogP contribution in [0.4, 0.5) is 5.69 Å². The number of rotatable bonds is 4. The lowest BCUT2D eigenvalue weighted by atomic mass is 10.1. The second-order valence-corrected chi connectivity index (χ2v) is 5.81. The molecule has 0 aliphatic rings. The number of nitrogens with zero attached hydrogens (tertiary/aromatic N) is 3. The van der Waals surface area contributed by atoms with Crippen molar-refractivity contribution >= 4 is 28.5 Å². The predicted molar refractivity (Wildman–Crippen MR) is 98.5 cm³/mol. The van der Waals surface area contributed by atoms with E-state index < -0.39 is 5.91 Å². The van der Waals surface area contributed by atoms with Gasteiger partial charge in [0.25, 0.3) is 11.8 Å². The number of hydrogen-bond acceptors (Lipinski definition) is 5. The van der Waals surface area contributed by atoms with Crippen molar-refractivity contribution in [3.8, 4) is 5.75 Å². The number of benzene rings is 2. The molecule has 0 aliphatic carbocycles. The summed E-state index contributed by atoms with van der Waals surface area (Å²) in [5.41, 5.74) is 2.38. The van der Waals surface area contributed by atoms with Crippen molar-refractivity contribution in [2.45, 2.75) is 0 Å². The van der Waals surface area contributed by atoms with E-state index in [9.17, 15) is 9.59 Å². The van der Waals surface area contributed by atoms with Crippen LogP contribution >= 0.6 is 0 Å². The van der Waals surface area contributed by atoms with Crippen LogP contribution in [0.2, 0.25) is 0 Å². The zero-order valence-corrected chi connectivity index (χ0v) is 14.7. The highest BCUT2D eigenvalue weighted by Crippen LogP contribution is 2.24. The molecule has 0 spiro atoms. The molecule has 7 nitrogen and oxygen atoms in total. The standard InChI is InChI=1S/C19H18N4O3/c1-23(2)19(25)13-10-12(8-9-17(13)26-3)21-18(24)16-11-20-14-6-4-5-7-15(14)22-16/h4-11H,1-3H3,(H,21,24). The summed E-state index contributed by atoms with van der Waals surface area (Å²) in [5, 5.41) is 2.74. The van der Waals surface area contributed by atoms with Crippen molar-refractivity contribution in [1.29, 1.82) is 0 Å². The molecule has 0 saturated carbocycles. The second-order valence-electron chi connectivity index (χ2n) is 5.81. The van der Waals surface area contributed by atoms with E-state index >= 15 is 0 Å². The number of aromatic nitrogens is 2. The lowest BCUT2D eigenvalue weighted by Crippen LogP contribution is -2.22. The molecule has 26 heavy (non-hydrogen) atoms. The number of para-hydroxylation sites is 2. The van der Waals surface area contributed by atoms with Crippen molar-refractivity contribution in [1.82, 2.24) is 14.9 Å². The minimum absolute atomic E-state index is 0.194. The molecule has 0 bridgehead atoms. The van der Waals surface area contributed by atoms with E-state index in [0.717, 1.165) is 0 Å². The third-order valence-electron chi connectivity index (χ3n) is 3.78. The summed E-state index contributed by atoms with van der Waals surface area (Å²) in [6.07, 6.45) is 1.42. The number of anilines is 1. The first-order chi connectivity index (χ1) is 12.5. The van der Waals surface area contributed by atoms with Crippen LogP contribution in [0.15, 0.2) is 48.7 Å². The van der Waals surface area contributed by atoms with Gasteiger partial charge in [-0.1, -0.05) is 12.1 Å². The Balaban J connectivity index is 1.88. The second kappa shape index (κ2) is 7.18. The highest BCUT2D eigenvalue weighted by atomic mass is 16.5. The van der Waals surface area contributed by atoms with Gasteiger partial charge in [0.05, 0.1) is 29.9 Å². The van der Waals surface area contributed by atoms with Crippen molar-refractivity contribution in [2.75, 3.05) is 26.5 Å². The van der Waals surface area contributed by atoms with Gasteiger partial charge in [0.15, 0.2) is 0 Å². The van der Waals surface area contributed by atoms with Crippen molar-refractivity contribution < 1.29 is 14.3 Å². The molecular weight excluding hydrogens is 332 g/mol. The summed E-state index contributed by atoms with van der Waals surface area (Å²) >= 11 is 0. The molecule has 0 atom stereocenters. The van der Waals surface area contributed by atoms with Gasteiger partial charge in [-0.05, 0) is 30.3 Å². The predicted octanol–water partition coefficient (Wildman–Crippen LogP) is 2.59. The summed E-state index contributed by atoms with van der Waals surface area (Å²) in [5.74, 6) is -0.188. The Morgan fingerprint density at radius 2 is 1.81 bits per heavy atom. The molecule has 1 N–H and O–H groups in total. The molecule has 0 saturated heterocycles. The molecule has 1 aromatic heterocycles. The van der Waals surface area contributed by atoms with E-state index in [0.29, 0.717) is 28.0 Å². The third-order valence-corrected chi connectivity index (χ3v) is 3.78. The van der Waals surface area contributed by atoms with Gasteiger partial charge in [0.1, 0.15) is 11.4 Å². The fourth-order valence-electron chi connectivity index (χ4n) is 2.46. The van der Waals surface area contributed by atoms with E-state index in [4.69, 9.17) is 4.74 Å². The zero-order chi connectivity index (χ0) is 18.7. The Labute approximate surface area is 150 Å². The van der Waals surface area contributed by atoms with Crippen LogP contribution in [-0.4, -0.2) is 47.9 Å². The number of carbonyl (C=O) groups excluding carboxylic acids is 2. The third kappa shape index (κ3) is 3.46. The molecule has 1 heterocycles. The Morgan fingerprint density at radius 3 is 2.50 bits per heavy atom. The first-order valence-electron chi connectivity index (χ1n) is 7.92. The number of nitrogens with one attached hydrogen (secondary N) is 1. The van der Waals surface area contributed by atoms with Gasteiger partial charge in [0, 0.05) is 19.8 Å². The largest absolute Gasteiger partial charge is 0.496 e. The van der Waals surface area contributed by atoms with Gasteiger partial charge < -0.3 is 15.0 Å². The number of hydrogen-bond donors (Lipinski definition) is 1. The van der Waals surface area contributed by atoms with Crippen LogP contribution in [0, 0.1) is 0 Å². The summed E-state index contributed by atoms with van der Waals surface area (Å²) in [6.45, 7) is 0. The summed E-state index contributed by atoms with van der Waals surface area (Å²) < 4.78 is 5.23. The van der Waals surface area contributed by atoms with E-state index in [-0.39, 0.29) is 11.6 Å². The van der Waals surface area contributed by atoms with Crippen molar-refractivity contribution in [3.63, 3.8) is 0 Å². The van der Waals surface area contributed by atoms with Gasteiger partial charge in [-0.3, -0.25) is 14.6 Å². The lowest BCUT2D eigenvalue weighted by Gasteiger charge is -2.15. The molecule has 0 fully saturated rings. The van der Waals surface area contributed by atoms with Crippen LogP contribution in [0.3, 0.4) is 0 Å². The van der Waals surface area contributed by atoms with Crippen molar-refractivity contribution in [3.05, 3.63) is 59.9 Å². The molecule has 3 rings (SSSR count).